The lowest BCUT2D eigenvalue weighted by molar-refractivity contribution is 0.138. The summed E-state index contributed by atoms with van der Waals surface area (Å²) in [4.78, 5) is 15.4. The Morgan fingerprint density at radius 2 is 1.90 bits per heavy atom. The van der Waals surface area contributed by atoms with Crippen molar-refractivity contribution in [2.24, 2.45) is 0 Å². The Kier molecular flexibility index (Phi) is 8.45. The summed E-state index contributed by atoms with van der Waals surface area (Å²) in [5.41, 5.74) is 6.03. The Hall–Kier alpha value is -3.46. The van der Waals surface area contributed by atoms with E-state index in [-0.39, 0.29) is 12.1 Å². The number of hydrogen-bond acceptors (Lipinski definition) is 6. The number of H-pyrrole nitrogens is 1. The monoisotopic (exact) mass is 529 g/mol. The predicted molar refractivity (Wildman–Crippen MR) is 155 cm³/mol. The summed E-state index contributed by atoms with van der Waals surface area (Å²) >= 11 is 0. The molecule has 206 valence electrons. The van der Waals surface area contributed by atoms with Crippen molar-refractivity contribution in [2.45, 2.75) is 64.8 Å². The predicted octanol–water partition coefficient (Wildman–Crippen LogP) is 4.89. The molecule has 8 heteroatoms. The van der Waals surface area contributed by atoms with Gasteiger partial charge in [-0.3, -0.25) is 14.8 Å². The maximum absolute atomic E-state index is 12.5. The summed E-state index contributed by atoms with van der Waals surface area (Å²) in [5, 5.41) is 23.4. The molecule has 2 aromatic heterocycles. The van der Waals surface area contributed by atoms with Crippen molar-refractivity contribution in [2.75, 3.05) is 20.2 Å². The molecule has 2 aromatic carbocycles. The van der Waals surface area contributed by atoms with Crippen LogP contribution in [0.1, 0.15) is 66.8 Å². The van der Waals surface area contributed by atoms with Crippen molar-refractivity contribution in [1.82, 2.24) is 25.4 Å². The van der Waals surface area contributed by atoms with Gasteiger partial charge in [-0.05, 0) is 93.7 Å². The van der Waals surface area contributed by atoms with Gasteiger partial charge in [-0.25, -0.2) is 0 Å². The van der Waals surface area contributed by atoms with Crippen molar-refractivity contribution < 1.29 is 9.84 Å². The molecule has 4 N–H and O–H groups in total. The number of aliphatic hydroxyl groups is 1. The lowest BCUT2D eigenvalue weighted by Crippen LogP contribution is -2.26. The van der Waals surface area contributed by atoms with Crippen LogP contribution in [0.4, 0.5) is 0 Å². The zero-order valence-electron chi connectivity index (χ0n) is 23.1. The minimum atomic E-state index is -0.969. The van der Waals surface area contributed by atoms with Crippen LogP contribution in [0.15, 0.2) is 53.5 Å². The summed E-state index contributed by atoms with van der Waals surface area (Å²) in [6.07, 6.45) is 6.50. The first-order valence-electron chi connectivity index (χ1n) is 13.9. The van der Waals surface area contributed by atoms with Gasteiger partial charge in [0.2, 0.25) is 0 Å². The Labute approximate surface area is 229 Å². The standard InChI is InChI=1S/C31H39N5O3/c1-20-15-21(2)35-31(38)27(20)18-33-30(37)26-16-23(22-9-11-25(12-10-22)39-14-6-13-32-3)17-29-28(26)19-34-36(29)24-7-4-5-8-24/h9-12,15-17,19,24,30,32-33,37H,4-8,13-14,18H2,1-3H3,(H,35,38). The molecule has 2 heterocycles. The number of benzene rings is 2. The van der Waals surface area contributed by atoms with E-state index in [9.17, 15) is 9.90 Å². The highest BCUT2D eigenvalue weighted by Crippen LogP contribution is 2.36. The largest absolute Gasteiger partial charge is 0.494 e. The van der Waals surface area contributed by atoms with Gasteiger partial charge in [0.05, 0.1) is 24.4 Å². The topological polar surface area (TPSA) is 104 Å². The number of fused-ring (bicyclic) bond motifs is 1. The van der Waals surface area contributed by atoms with E-state index < -0.39 is 6.23 Å². The number of aromatic nitrogens is 3. The molecule has 0 spiro atoms. The molecule has 1 saturated carbocycles. The Bertz CT molecular complexity index is 1470. The average molecular weight is 530 g/mol. The number of aliphatic hydroxyl groups excluding tert-OH is 1. The lowest BCUT2D eigenvalue weighted by Gasteiger charge is -2.18. The molecule has 0 radical (unpaired) electrons. The smallest absolute Gasteiger partial charge is 0.252 e. The maximum Gasteiger partial charge on any atom is 0.252 e. The number of nitrogens with one attached hydrogen (secondary N) is 3. The number of aromatic amines is 1. The number of nitrogens with zero attached hydrogens (tertiary/aromatic N) is 2. The van der Waals surface area contributed by atoms with E-state index in [1.165, 1.54) is 12.8 Å². The van der Waals surface area contributed by atoms with Crippen LogP contribution in [0, 0.1) is 13.8 Å². The molecule has 0 saturated heterocycles. The van der Waals surface area contributed by atoms with Crippen LogP contribution in [0.5, 0.6) is 5.75 Å². The molecule has 1 fully saturated rings. The second-order valence-corrected chi connectivity index (χ2v) is 10.6. The second-order valence-electron chi connectivity index (χ2n) is 10.6. The first kappa shape index (κ1) is 27.1. The van der Waals surface area contributed by atoms with Crippen LogP contribution >= 0.6 is 0 Å². The van der Waals surface area contributed by atoms with Gasteiger partial charge in [0.25, 0.3) is 5.56 Å². The number of pyridine rings is 1. The molecule has 4 aromatic rings. The Morgan fingerprint density at radius 1 is 1.13 bits per heavy atom. The van der Waals surface area contributed by atoms with Gasteiger partial charge < -0.3 is 20.1 Å². The van der Waals surface area contributed by atoms with Gasteiger partial charge >= 0.3 is 0 Å². The summed E-state index contributed by atoms with van der Waals surface area (Å²) in [6, 6.07) is 14.6. The number of ether oxygens (including phenoxy) is 1. The van der Waals surface area contributed by atoms with Crippen LogP contribution in [0.25, 0.3) is 22.0 Å². The highest BCUT2D eigenvalue weighted by Gasteiger charge is 2.23. The zero-order valence-corrected chi connectivity index (χ0v) is 23.1. The van der Waals surface area contributed by atoms with E-state index in [0.717, 1.165) is 70.4 Å². The van der Waals surface area contributed by atoms with E-state index >= 15 is 0 Å². The van der Waals surface area contributed by atoms with Crippen LogP contribution in [0.2, 0.25) is 0 Å². The Balaban J connectivity index is 1.46. The summed E-state index contributed by atoms with van der Waals surface area (Å²) in [7, 11) is 1.94. The van der Waals surface area contributed by atoms with Crippen molar-refractivity contribution in [3.8, 4) is 16.9 Å². The van der Waals surface area contributed by atoms with Crippen LogP contribution in [-0.4, -0.2) is 40.1 Å². The molecule has 1 unspecified atom stereocenters. The molecular weight excluding hydrogens is 490 g/mol. The van der Waals surface area contributed by atoms with Crippen molar-refractivity contribution in [3.63, 3.8) is 0 Å². The highest BCUT2D eigenvalue weighted by atomic mass is 16.5. The first-order chi connectivity index (χ1) is 18.9. The first-order valence-corrected chi connectivity index (χ1v) is 13.9. The summed E-state index contributed by atoms with van der Waals surface area (Å²) in [6.45, 7) is 5.63. The van der Waals surface area contributed by atoms with E-state index in [0.29, 0.717) is 18.2 Å². The van der Waals surface area contributed by atoms with E-state index in [4.69, 9.17) is 9.84 Å². The minimum Gasteiger partial charge on any atom is -0.494 e. The van der Waals surface area contributed by atoms with Gasteiger partial charge in [-0.1, -0.05) is 25.0 Å². The Morgan fingerprint density at radius 3 is 2.62 bits per heavy atom. The van der Waals surface area contributed by atoms with Crippen molar-refractivity contribution in [1.29, 1.82) is 0 Å². The molecule has 8 nitrogen and oxygen atoms in total. The third kappa shape index (κ3) is 6.08. The van der Waals surface area contributed by atoms with Gasteiger partial charge in [-0.2, -0.15) is 5.10 Å². The molecule has 5 rings (SSSR count). The average Bonchev–Trinajstić information content (AvgIpc) is 3.60. The van der Waals surface area contributed by atoms with Gasteiger partial charge in [0.15, 0.2) is 0 Å². The SMILES string of the molecule is CNCCCOc1ccc(-c2cc(C(O)NCc3c(C)cc(C)[nH]c3=O)c3cnn(C4CCCC4)c3c2)cc1. The lowest BCUT2D eigenvalue weighted by atomic mass is 9.98. The fourth-order valence-corrected chi connectivity index (χ4v) is 5.60. The van der Waals surface area contributed by atoms with Gasteiger partial charge in [-0.15, -0.1) is 0 Å². The summed E-state index contributed by atoms with van der Waals surface area (Å²) in [5.74, 6) is 0.840. The third-order valence-corrected chi connectivity index (χ3v) is 7.71. The van der Waals surface area contributed by atoms with Crippen molar-refractivity contribution in [3.05, 3.63) is 81.4 Å². The van der Waals surface area contributed by atoms with Crippen molar-refractivity contribution >= 4 is 10.9 Å². The van der Waals surface area contributed by atoms with Crippen LogP contribution in [0.3, 0.4) is 0 Å². The van der Waals surface area contributed by atoms with E-state index in [1.54, 1.807) is 0 Å². The fourth-order valence-electron chi connectivity index (χ4n) is 5.60. The molecule has 1 aliphatic carbocycles. The summed E-state index contributed by atoms with van der Waals surface area (Å²) < 4.78 is 8.01. The molecule has 1 atom stereocenters. The molecular formula is C31H39N5O3. The quantitative estimate of drug-likeness (QED) is 0.163. The number of aryl methyl sites for hydroxylation is 2. The number of hydrogen-bond donors (Lipinski definition) is 4. The number of rotatable bonds is 11. The fraction of sp³-hybridized carbons (Fsp3) is 0.419. The maximum atomic E-state index is 12.5. The molecule has 0 amide bonds. The molecule has 39 heavy (non-hydrogen) atoms. The zero-order chi connectivity index (χ0) is 27.4. The van der Waals surface area contributed by atoms with E-state index in [2.05, 4.69) is 38.5 Å². The van der Waals surface area contributed by atoms with Crippen LogP contribution < -0.4 is 20.9 Å². The second kappa shape index (κ2) is 12.2. The highest BCUT2D eigenvalue weighted by molar-refractivity contribution is 5.88. The third-order valence-electron chi connectivity index (χ3n) is 7.71. The molecule has 0 bridgehead atoms. The normalized spacial score (nSPS) is 14.8. The molecule has 1 aliphatic rings. The molecule has 0 aliphatic heterocycles. The van der Waals surface area contributed by atoms with Gasteiger partial charge in [0.1, 0.15) is 12.0 Å². The minimum absolute atomic E-state index is 0.131. The van der Waals surface area contributed by atoms with Gasteiger partial charge in [0, 0.05) is 28.8 Å². The van der Waals surface area contributed by atoms with Crippen LogP contribution in [-0.2, 0) is 6.54 Å². The van der Waals surface area contributed by atoms with E-state index in [1.807, 2.05) is 51.4 Å².